The monoisotopic (exact) mass is 374 g/mol. The molecule has 0 aliphatic carbocycles. The Morgan fingerprint density at radius 3 is 2.30 bits per heavy atom. The van der Waals surface area contributed by atoms with E-state index in [4.69, 9.17) is 9.47 Å². The molecule has 1 aliphatic heterocycles. The van der Waals surface area contributed by atoms with E-state index in [0.29, 0.717) is 26.2 Å². The molecule has 1 fully saturated rings. The van der Waals surface area contributed by atoms with Crippen LogP contribution in [0.15, 0.2) is 30.3 Å². The number of ether oxygens (including phenoxy) is 2. The van der Waals surface area contributed by atoms with Gasteiger partial charge in [0.25, 0.3) is 0 Å². The van der Waals surface area contributed by atoms with Crippen LogP contribution in [0.3, 0.4) is 0 Å². The molecule has 6 nitrogen and oxygen atoms in total. The van der Waals surface area contributed by atoms with Gasteiger partial charge in [0, 0.05) is 32.3 Å². The van der Waals surface area contributed by atoms with Crippen LogP contribution in [-0.4, -0.2) is 59.7 Å². The lowest BCUT2D eigenvalue weighted by molar-refractivity contribution is -0.127. The van der Waals surface area contributed by atoms with Crippen molar-refractivity contribution in [2.45, 2.75) is 46.3 Å². The van der Waals surface area contributed by atoms with Crippen LogP contribution in [0.5, 0.6) is 5.75 Å². The zero-order valence-corrected chi connectivity index (χ0v) is 16.9. The van der Waals surface area contributed by atoms with Crippen LogP contribution in [0.25, 0.3) is 6.08 Å². The molecule has 1 aromatic rings. The molecule has 27 heavy (non-hydrogen) atoms. The molecule has 1 saturated heterocycles. The van der Waals surface area contributed by atoms with E-state index < -0.39 is 5.60 Å². The number of benzene rings is 1. The van der Waals surface area contributed by atoms with Crippen molar-refractivity contribution in [2.24, 2.45) is 0 Å². The molecular formula is C21H30N2O4. The summed E-state index contributed by atoms with van der Waals surface area (Å²) in [6.45, 7) is 11.4. The van der Waals surface area contributed by atoms with Crippen molar-refractivity contribution in [3.63, 3.8) is 0 Å². The standard InChI is InChI=1S/C21H30N2O4/c1-16(2)26-18-8-6-7-17(15-18)9-10-19(24)22-11-13-23(14-12-22)20(25)27-21(3,4)5/h6-10,15-16H,11-14H2,1-5H3/b10-9+. The van der Waals surface area contributed by atoms with Gasteiger partial charge in [-0.1, -0.05) is 12.1 Å². The zero-order chi connectivity index (χ0) is 20.0. The summed E-state index contributed by atoms with van der Waals surface area (Å²) in [4.78, 5) is 27.9. The first-order valence-corrected chi connectivity index (χ1v) is 9.36. The molecule has 2 amide bonds. The van der Waals surface area contributed by atoms with Crippen LogP contribution in [0.1, 0.15) is 40.2 Å². The van der Waals surface area contributed by atoms with Gasteiger partial charge in [0.05, 0.1) is 6.10 Å². The molecule has 0 radical (unpaired) electrons. The molecule has 0 unspecified atom stereocenters. The molecule has 1 aromatic carbocycles. The van der Waals surface area contributed by atoms with Gasteiger partial charge in [0.2, 0.25) is 5.91 Å². The van der Waals surface area contributed by atoms with Gasteiger partial charge in [0.15, 0.2) is 0 Å². The highest BCUT2D eigenvalue weighted by Crippen LogP contribution is 2.16. The Kier molecular flexibility index (Phi) is 6.88. The predicted octanol–water partition coefficient (Wildman–Crippen LogP) is 3.57. The van der Waals surface area contributed by atoms with Gasteiger partial charge in [0.1, 0.15) is 11.4 Å². The van der Waals surface area contributed by atoms with Crippen molar-refractivity contribution >= 4 is 18.1 Å². The normalized spacial score (nSPS) is 15.3. The van der Waals surface area contributed by atoms with Crippen molar-refractivity contribution in [1.29, 1.82) is 0 Å². The van der Waals surface area contributed by atoms with E-state index in [0.717, 1.165) is 11.3 Å². The van der Waals surface area contributed by atoms with E-state index in [2.05, 4.69) is 0 Å². The summed E-state index contributed by atoms with van der Waals surface area (Å²) in [5.41, 5.74) is 0.398. The first kappa shape index (κ1) is 20.8. The fourth-order valence-electron chi connectivity index (χ4n) is 2.67. The first-order chi connectivity index (χ1) is 12.6. The molecule has 0 bridgehead atoms. The minimum Gasteiger partial charge on any atom is -0.491 e. The van der Waals surface area contributed by atoms with E-state index >= 15 is 0 Å². The van der Waals surface area contributed by atoms with Crippen LogP contribution in [0.2, 0.25) is 0 Å². The molecule has 1 heterocycles. The summed E-state index contributed by atoms with van der Waals surface area (Å²) in [5, 5.41) is 0. The number of carbonyl (C=O) groups excluding carboxylic acids is 2. The molecule has 0 spiro atoms. The van der Waals surface area contributed by atoms with Gasteiger partial charge in [-0.15, -0.1) is 0 Å². The second kappa shape index (κ2) is 8.93. The van der Waals surface area contributed by atoms with Crippen LogP contribution in [0.4, 0.5) is 4.79 Å². The highest BCUT2D eigenvalue weighted by atomic mass is 16.6. The average molecular weight is 374 g/mol. The highest BCUT2D eigenvalue weighted by Gasteiger charge is 2.26. The van der Waals surface area contributed by atoms with Crippen molar-refractivity contribution in [1.82, 2.24) is 9.80 Å². The number of piperazine rings is 1. The summed E-state index contributed by atoms with van der Waals surface area (Å²) in [5.74, 6) is 0.722. The molecule has 6 heteroatoms. The van der Waals surface area contributed by atoms with Gasteiger partial charge in [-0.2, -0.15) is 0 Å². The molecule has 2 rings (SSSR count). The van der Waals surface area contributed by atoms with E-state index in [-0.39, 0.29) is 18.1 Å². The Hall–Kier alpha value is -2.50. The van der Waals surface area contributed by atoms with Crippen LogP contribution in [0, 0.1) is 0 Å². The number of hydrogen-bond donors (Lipinski definition) is 0. The largest absolute Gasteiger partial charge is 0.491 e. The Morgan fingerprint density at radius 1 is 1.07 bits per heavy atom. The Morgan fingerprint density at radius 2 is 1.70 bits per heavy atom. The van der Waals surface area contributed by atoms with Crippen LogP contribution >= 0.6 is 0 Å². The Labute approximate surface area is 161 Å². The lowest BCUT2D eigenvalue weighted by Gasteiger charge is -2.35. The number of amides is 2. The molecule has 0 N–H and O–H groups in total. The summed E-state index contributed by atoms with van der Waals surface area (Å²) in [6, 6.07) is 7.64. The number of carbonyl (C=O) groups is 2. The first-order valence-electron chi connectivity index (χ1n) is 9.36. The molecule has 0 atom stereocenters. The lowest BCUT2D eigenvalue weighted by Crippen LogP contribution is -2.51. The molecule has 148 valence electrons. The maximum Gasteiger partial charge on any atom is 0.410 e. The van der Waals surface area contributed by atoms with Gasteiger partial charge < -0.3 is 19.3 Å². The van der Waals surface area contributed by atoms with Crippen molar-refractivity contribution in [2.75, 3.05) is 26.2 Å². The fraction of sp³-hybridized carbons (Fsp3) is 0.524. The van der Waals surface area contributed by atoms with E-state index in [9.17, 15) is 9.59 Å². The maximum absolute atomic E-state index is 12.4. The fourth-order valence-corrected chi connectivity index (χ4v) is 2.67. The SMILES string of the molecule is CC(C)Oc1cccc(/C=C/C(=O)N2CCN(C(=O)OC(C)(C)C)CC2)c1. The van der Waals surface area contributed by atoms with Gasteiger partial charge in [-0.3, -0.25) is 4.79 Å². The van der Waals surface area contributed by atoms with Crippen molar-refractivity contribution < 1.29 is 19.1 Å². The zero-order valence-electron chi connectivity index (χ0n) is 16.9. The van der Waals surface area contributed by atoms with Gasteiger partial charge in [-0.25, -0.2) is 4.79 Å². The maximum atomic E-state index is 12.4. The number of nitrogens with zero attached hydrogens (tertiary/aromatic N) is 2. The lowest BCUT2D eigenvalue weighted by atomic mass is 10.2. The number of hydrogen-bond acceptors (Lipinski definition) is 4. The van der Waals surface area contributed by atoms with Crippen molar-refractivity contribution in [3.05, 3.63) is 35.9 Å². The second-order valence-corrected chi connectivity index (χ2v) is 7.87. The van der Waals surface area contributed by atoms with Crippen LogP contribution in [-0.2, 0) is 9.53 Å². The minimum absolute atomic E-state index is 0.0611. The van der Waals surface area contributed by atoms with E-state index in [1.807, 2.05) is 58.9 Å². The quantitative estimate of drug-likeness (QED) is 0.756. The highest BCUT2D eigenvalue weighted by molar-refractivity contribution is 5.92. The van der Waals surface area contributed by atoms with E-state index in [1.54, 1.807) is 22.0 Å². The third-order valence-corrected chi connectivity index (χ3v) is 3.89. The second-order valence-electron chi connectivity index (χ2n) is 7.87. The third kappa shape index (κ3) is 6.96. The number of rotatable bonds is 4. The average Bonchev–Trinajstić information content (AvgIpc) is 2.58. The summed E-state index contributed by atoms with van der Waals surface area (Å²) < 4.78 is 11.0. The van der Waals surface area contributed by atoms with E-state index in [1.165, 1.54) is 0 Å². The Balaban J connectivity index is 1.87. The smallest absolute Gasteiger partial charge is 0.410 e. The van der Waals surface area contributed by atoms with Crippen LogP contribution < -0.4 is 4.74 Å². The Bertz CT molecular complexity index is 684. The summed E-state index contributed by atoms with van der Waals surface area (Å²) in [6.07, 6.45) is 3.13. The molecule has 0 saturated carbocycles. The minimum atomic E-state index is -0.513. The molecule has 0 aromatic heterocycles. The van der Waals surface area contributed by atoms with Gasteiger partial charge in [-0.05, 0) is 58.4 Å². The molecule has 1 aliphatic rings. The van der Waals surface area contributed by atoms with Gasteiger partial charge >= 0.3 is 6.09 Å². The predicted molar refractivity (Wildman–Crippen MR) is 106 cm³/mol. The summed E-state index contributed by atoms with van der Waals surface area (Å²) in [7, 11) is 0. The third-order valence-electron chi connectivity index (χ3n) is 3.89. The van der Waals surface area contributed by atoms with Crippen molar-refractivity contribution in [3.8, 4) is 5.75 Å². The topological polar surface area (TPSA) is 59.1 Å². The molecular weight excluding hydrogens is 344 g/mol. The summed E-state index contributed by atoms with van der Waals surface area (Å²) >= 11 is 0.